The predicted molar refractivity (Wildman–Crippen MR) is 139 cm³/mol. The number of alkyl halides is 2. The number of anilines is 1. The van der Waals surface area contributed by atoms with Gasteiger partial charge in [0.1, 0.15) is 18.2 Å². The summed E-state index contributed by atoms with van der Waals surface area (Å²) in [5.41, 5.74) is 0.0707. The fourth-order valence-corrected chi connectivity index (χ4v) is 5.09. The minimum absolute atomic E-state index is 0.293. The Bertz CT molecular complexity index is 1350. The van der Waals surface area contributed by atoms with Crippen molar-refractivity contribution in [3.05, 3.63) is 68.0 Å². The number of halogens is 3. The third kappa shape index (κ3) is 5.56. The Morgan fingerprint density at radius 2 is 1.92 bits per heavy atom. The topological polar surface area (TPSA) is 109 Å². The molecule has 1 aromatic heterocycles. The molecule has 0 saturated carbocycles. The SMILES string of the molecule is COCC(F)(F)c1cc([C@@H](C)Nc2nc(C)nc3cc(Cl)c(C4(OC)CCOCC4)cc23)cc([N+](=O)[O-])c1. The number of nitrogens with zero attached hydrogens (tertiary/aromatic N) is 3. The number of non-ortho nitro benzene ring substituents is 1. The third-order valence-corrected chi connectivity index (χ3v) is 7.14. The van der Waals surface area contributed by atoms with E-state index < -0.39 is 40.3 Å². The maximum atomic E-state index is 14.6. The summed E-state index contributed by atoms with van der Waals surface area (Å²) >= 11 is 6.70. The second kappa shape index (κ2) is 11.0. The van der Waals surface area contributed by atoms with Gasteiger partial charge in [0.25, 0.3) is 11.6 Å². The van der Waals surface area contributed by atoms with Crippen LogP contribution in [0.3, 0.4) is 0 Å². The molecule has 3 aromatic rings. The first kappa shape index (κ1) is 28.0. The average molecular weight is 551 g/mol. The van der Waals surface area contributed by atoms with Crippen LogP contribution in [-0.4, -0.2) is 48.9 Å². The number of aromatic nitrogens is 2. The van der Waals surface area contributed by atoms with Gasteiger partial charge in [-0.2, -0.15) is 8.78 Å². The molecule has 1 atom stereocenters. The van der Waals surface area contributed by atoms with E-state index in [2.05, 4.69) is 20.0 Å². The van der Waals surface area contributed by atoms with Crippen molar-refractivity contribution < 1.29 is 27.9 Å². The van der Waals surface area contributed by atoms with Crippen LogP contribution in [0.4, 0.5) is 20.3 Å². The van der Waals surface area contributed by atoms with E-state index in [9.17, 15) is 18.9 Å². The number of methoxy groups -OCH3 is 2. The lowest BCUT2D eigenvalue weighted by atomic mass is 9.85. The predicted octanol–water partition coefficient (Wildman–Crippen LogP) is 6.06. The van der Waals surface area contributed by atoms with Gasteiger partial charge in [0.2, 0.25) is 0 Å². The lowest BCUT2D eigenvalue weighted by Crippen LogP contribution is -2.35. The molecular weight excluding hydrogens is 522 g/mol. The summed E-state index contributed by atoms with van der Waals surface area (Å²) in [6.45, 7) is 3.59. The standard InChI is InChI=1S/C26H29ClF2N4O5/c1-15(17-9-18(26(28,29)14-36-3)11-19(10-17)33(34)35)30-24-20-12-21(25(37-4)5-7-38-8-6-25)22(27)13-23(20)31-16(2)32-24/h9-13,15H,5-8,14H2,1-4H3,(H,30,31,32)/t15-/m1/s1. The van der Waals surface area contributed by atoms with Crippen molar-refractivity contribution >= 4 is 34.0 Å². The fraction of sp³-hybridized carbons (Fsp3) is 0.462. The number of rotatable bonds is 9. The summed E-state index contributed by atoms with van der Waals surface area (Å²) in [6.07, 6.45) is 1.24. The monoisotopic (exact) mass is 550 g/mol. The number of nitrogens with one attached hydrogen (secondary N) is 1. The highest BCUT2D eigenvalue weighted by Gasteiger charge is 2.37. The molecule has 0 spiro atoms. The first-order valence-electron chi connectivity index (χ1n) is 12.0. The molecule has 12 heteroatoms. The third-order valence-electron chi connectivity index (χ3n) is 6.83. The molecule has 1 aliphatic heterocycles. The summed E-state index contributed by atoms with van der Waals surface area (Å²) in [5, 5.41) is 15.9. The normalized spacial score (nSPS) is 16.4. The van der Waals surface area contributed by atoms with Crippen LogP contribution in [0.25, 0.3) is 10.9 Å². The first-order chi connectivity index (χ1) is 18.0. The Hall–Kier alpha value is -2.99. The zero-order chi connectivity index (χ0) is 27.7. The quantitative estimate of drug-likeness (QED) is 0.253. The molecule has 1 aliphatic rings. The van der Waals surface area contributed by atoms with Crippen LogP contribution in [-0.2, 0) is 25.7 Å². The minimum Gasteiger partial charge on any atom is -0.381 e. The number of benzene rings is 2. The summed E-state index contributed by atoms with van der Waals surface area (Å²) in [6, 6.07) is 6.39. The first-order valence-corrected chi connectivity index (χ1v) is 12.4. The highest BCUT2D eigenvalue weighted by atomic mass is 35.5. The Labute approximate surface area is 223 Å². The summed E-state index contributed by atoms with van der Waals surface area (Å²) in [4.78, 5) is 19.9. The molecule has 0 unspecified atom stereocenters. The zero-order valence-corrected chi connectivity index (χ0v) is 22.3. The van der Waals surface area contributed by atoms with Gasteiger partial charge >= 0.3 is 0 Å². The van der Waals surface area contributed by atoms with E-state index >= 15 is 0 Å². The van der Waals surface area contributed by atoms with Gasteiger partial charge in [0.15, 0.2) is 0 Å². The van der Waals surface area contributed by atoms with Gasteiger partial charge in [-0.25, -0.2) is 9.97 Å². The lowest BCUT2D eigenvalue weighted by Gasteiger charge is -2.37. The molecule has 0 radical (unpaired) electrons. The molecule has 1 fully saturated rings. The maximum Gasteiger partial charge on any atom is 0.296 e. The van der Waals surface area contributed by atoms with E-state index in [1.165, 1.54) is 12.1 Å². The van der Waals surface area contributed by atoms with Crippen molar-refractivity contribution in [3.63, 3.8) is 0 Å². The molecule has 4 rings (SSSR count). The summed E-state index contributed by atoms with van der Waals surface area (Å²) in [7, 11) is 2.78. The molecule has 1 saturated heterocycles. The number of hydrogen-bond acceptors (Lipinski definition) is 8. The van der Waals surface area contributed by atoms with Gasteiger partial charge in [-0.05, 0) is 37.6 Å². The maximum absolute atomic E-state index is 14.6. The van der Waals surface area contributed by atoms with Gasteiger partial charge in [0.05, 0.1) is 22.1 Å². The number of fused-ring (bicyclic) bond motifs is 1. The lowest BCUT2D eigenvalue weighted by molar-refractivity contribution is -0.385. The van der Waals surface area contributed by atoms with Crippen molar-refractivity contribution in [3.8, 4) is 0 Å². The smallest absolute Gasteiger partial charge is 0.296 e. The minimum atomic E-state index is -3.41. The average Bonchev–Trinajstić information content (AvgIpc) is 2.88. The molecule has 0 bridgehead atoms. The Balaban J connectivity index is 1.78. The number of nitro groups is 1. The van der Waals surface area contributed by atoms with Crippen molar-refractivity contribution in [2.24, 2.45) is 0 Å². The fourth-order valence-electron chi connectivity index (χ4n) is 4.76. The Kier molecular flexibility index (Phi) is 8.12. The van der Waals surface area contributed by atoms with Crippen molar-refractivity contribution in [2.45, 2.75) is 44.3 Å². The van der Waals surface area contributed by atoms with Crippen LogP contribution >= 0.6 is 11.6 Å². The van der Waals surface area contributed by atoms with Crippen LogP contribution in [0.2, 0.25) is 5.02 Å². The Morgan fingerprint density at radius 3 is 2.55 bits per heavy atom. The van der Waals surface area contributed by atoms with E-state index in [1.807, 2.05) is 6.07 Å². The molecule has 204 valence electrons. The Morgan fingerprint density at radius 1 is 1.21 bits per heavy atom. The molecule has 38 heavy (non-hydrogen) atoms. The van der Waals surface area contributed by atoms with Crippen LogP contribution < -0.4 is 5.32 Å². The highest BCUT2D eigenvalue weighted by molar-refractivity contribution is 6.32. The van der Waals surface area contributed by atoms with Crippen LogP contribution in [0.1, 0.15) is 48.3 Å². The molecular formula is C26H29ClF2N4O5. The second-order valence-electron chi connectivity index (χ2n) is 9.35. The van der Waals surface area contributed by atoms with Crippen molar-refractivity contribution in [2.75, 3.05) is 39.4 Å². The van der Waals surface area contributed by atoms with Crippen LogP contribution in [0.15, 0.2) is 30.3 Å². The van der Waals surface area contributed by atoms with E-state index in [0.717, 1.165) is 18.7 Å². The van der Waals surface area contributed by atoms with Gasteiger partial charge in [0, 0.05) is 73.9 Å². The molecule has 0 aliphatic carbocycles. The number of aryl methyl sites for hydroxylation is 1. The van der Waals surface area contributed by atoms with Gasteiger partial charge in [-0.15, -0.1) is 0 Å². The molecule has 0 amide bonds. The van der Waals surface area contributed by atoms with E-state index in [0.29, 0.717) is 59.2 Å². The summed E-state index contributed by atoms with van der Waals surface area (Å²) in [5.74, 6) is -2.50. The van der Waals surface area contributed by atoms with Gasteiger partial charge in [-0.3, -0.25) is 10.1 Å². The van der Waals surface area contributed by atoms with E-state index in [1.54, 1.807) is 27.0 Å². The van der Waals surface area contributed by atoms with Crippen molar-refractivity contribution in [1.82, 2.24) is 9.97 Å². The molecule has 9 nitrogen and oxygen atoms in total. The number of nitro benzene ring substituents is 1. The highest BCUT2D eigenvalue weighted by Crippen LogP contribution is 2.42. The van der Waals surface area contributed by atoms with E-state index in [-0.39, 0.29) is 0 Å². The largest absolute Gasteiger partial charge is 0.381 e. The second-order valence-corrected chi connectivity index (χ2v) is 9.76. The van der Waals surface area contributed by atoms with Crippen molar-refractivity contribution in [1.29, 1.82) is 0 Å². The van der Waals surface area contributed by atoms with Gasteiger partial charge in [-0.1, -0.05) is 11.6 Å². The molecule has 1 N–H and O–H groups in total. The molecule has 2 heterocycles. The number of hydrogen-bond donors (Lipinski definition) is 1. The van der Waals surface area contributed by atoms with E-state index in [4.69, 9.17) is 21.1 Å². The van der Waals surface area contributed by atoms with Crippen LogP contribution in [0, 0.1) is 17.0 Å². The number of ether oxygens (including phenoxy) is 3. The van der Waals surface area contributed by atoms with Gasteiger partial charge < -0.3 is 19.5 Å². The zero-order valence-electron chi connectivity index (χ0n) is 21.5. The van der Waals surface area contributed by atoms with Crippen LogP contribution in [0.5, 0.6) is 0 Å². The summed E-state index contributed by atoms with van der Waals surface area (Å²) < 4.78 is 45.4. The molecule has 2 aromatic carbocycles.